The molecular weight excluding hydrogens is 395 g/mol. The van der Waals surface area contributed by atoms with Crippen LogP contribution in [0.15, 0.2) is 0 Å². The van der Waals surface area contributed by atoms with Crippen LogP contribution in [0.4, 0.5) is 5.95 Å². The monoisotopic (exact) mass is 430 g/mol. The fourth-order valence-corrected chi connectivity index (χ4v) is 4.89. The van der Waals surface area contributed by atoms with E-state index in [4.69, 9.17) is 23.2 Å². The first kappa shape index (κ1) is 23.6. The van der Waals surface area contributed by atoms with E-state index in [1.807, 2.05) is 0 Å². The van der Waals surface area contributed by atoms with Crippen LogP contribution in [0.2, 0.25) is 10.6 Å². The van der Waals surface area contributed by atoms with E-state index in [9.17, 15) is 0 Å². The van der Waals surface area contributed by atoms with Crippen molar-refractivity contribution in [2.75, 3.05) is 31.1 Å². The van der Waals surface area contributed by atoms with Crippen LogP contribution >= 0.6 is 23.2 Å². The Morgan fingerprint density at radius 3 is 1.89 bits per heavy atom. The Morgan fingerprint density at radius 1 is 0.893 bits per heavy atom. The van der Waals surface area contributed by atoms with Gasteiger partial charge in [0.05, 0.1) is 0 Å². The predicted octanol–water partition coefficient (Wildman–Crippen LogP) is 4.42. The molecule has 0 amide bonds. The summed E-state index contributed by atoms with van der Waals surface area (Å²) in [7, 11) is 0. The number of piperidine rings is 1. The molecule has 0 atom stereocenters. The summed E-state index contributed by atoms with van der Waals surface area (Å²) in [6, 6.07) is 0.314. The fourth-order valence-electron chi connectivity index (χ4n) is 4.54. The highest BCUT2D eigenvalue weighted by molar-refractivity contribution is 6.31. The van der Waals surface area contributed by atoms with Gasteiger partial charge in [0.2, 0.25) is 16.5 Å². The highest BCUT2D eigenvalue weighted by Gasteiger charge is 2.40. The molecule has 8 heteroatoms. The molecule has 1 aliphatic heterocycles. The van der Waals surface area contributed by atoms with E-state index >= 15 is 0 Å². The molecular formula is C20H36Cl2N6. The van der Waals surface area contributed by atoms with Crippen LogP contribution in [0, 0.1) is 0 Å². The summed E-state index contributed by atoms with van der Waals surface area (Å²) >= 11 is 12.2. The van der Waals surface area contributed by atoms with Gasteiger partial charge in [0.1, 0.15) is 0 Å². The van der Waals surface area contributed by atoms with E-state index in [0.29, 0.717) is 12.0 Å². The van der Waals surface area contributed by atoms with Crippen molar-refractivity contribution in [3.05, 3.63) is 10.6 Å². The van der Waals surface area contributed by atoms with Crippen LogP contribution in [0.5, 0.6) is 0 Å². The fraction of sp³-hybridized carbons (Fsp3) is 0.850. The highest BCUT2D eigenvalue weighted by Crippen LogP contribution is 2.33. The van der Waals surface area contributed by atoms with E-state index < -0.39 is 0 Å². The lowest BCUT2D eigenvalue weighted by molar-refractivity contribution is 0.157. The standard InChI is InChI=1S/C20H36Cl2N6/c1-7-27(8-2)11-9-10-12-28(18-24-16(21)23-17(22)25-18)15-13-19(3,4)26-20(5,6)14-15/h15,26H,7-14H2,1-6H3. The topological polar surface area (TPSA) is 57.2 Å². The maximum atomic E-state index is 6.09. The van der Waals surface area contributed by atoms with Gasteiger partial charge in [-0.1, -0.05) is 13.8 Å². The Morgan fingerprint density at radius 2 is 1.39 bits per heavy atom. The zero-order valence-electron chi connectivity index (χ0n) is 18.2. The van der Waals surface area contributed by atoms with E-state index in [1.165, 1.54) is 0 Å². The van der Waals surface area contributed by atoms with Gasteiger partial charge in [-0.05, 0) is 96.2 Å². The first-order valence-corrected chi connectivity index (χ1v) is 11.2. The van der Waals surface area contributed by atoms with Gasteiger partial charge in [0, 0.05) is 23.7 Å². The average Bonchev–Trinajstić information content (AvgIpc) is 2.54. The van der Waals surface area contributed by atoms with Gasteiger partial charge in [0.25, 0.3) is 0 Å². The summed E-state index contributed by atoms with van der Waals surface area (Å²) in [5.74, 6) is 0.589. The number of hydrogen-bond acceptors (Lipinski definition) is 6. The zero-order chi connectivity index (χ0) is 20.9. The smallest absolute Gasteiger partial charge is 0.231 e. The second kappa shape index (κ2) is 9.88. The molecule has 0 bridgehead atoms. The maximum Gasteiger partial charge on any atom is 0.231 e. The zero-order valence-corrected chi connectivity index (χ0v) is 19.7. The van der Waals surface area contributed by atoms with Crippen molar-refractivity contribution >= 4 is 29.2 Å². The van der Waals surface area contributed by atoms with Crippen molar-refractivity contribution in [3.63, 3.8) is 0 Å². The summed E-state index contributed by atoms with van der Waals surface area (Å²) in [5.41, 5.74) is 0.0685. The van der Waals surface area contributed by atoms with Crippen LogP contribution in [0.3, 0.4) is 0 Å². The molecule has 0 aliphatic carbocycles. The molecule has 2 heterocycles. The molecule has 6 nitrogen and oxygen atoms in total. The van der Waals surface area contributed by atoms with Gasteiger partial charge in [-0.25, -0.2) is 0 Å². The first-order chi connectivity index (χ1) is 13.0. The lowest BCUT2D eigenvalue weighted by Crippen LogP contribution is -2.62. The molecule has 28 heavy (non-hydrogen) atoms. The maximum absolute atomic E-state index is 6.09. The molecule has 0 radical (unpaired) electrons. The Hall–Kier alpha value is -0.690. The third-order valence-corrected chi connectivity index (χ3v) is 5.79. The highest BCUT2D eigenvalue weighted by atomic mass is 35.5. The van der Waals surface area contributed by atoms with E-state index in [0.717, 1.165) is 51.9 Å². The Kier molecular flexibility index (Phi) is 8.32. The minimum atomic E-state index is 0.0342. The number of halogens is 2. The normalized spacial score (nSPS) is 19.2. The molecule has 0 unspecified atom stereocenters. The average molecular weight is 431 g/mol. The second-order valence-electron chi connectivity index (χ2n) is 9.06. The van der Waals surface area contributed by atoms with Gasteiger partial charge in [-0.15, -0.1) is 0 Å². The van der Waals surface area contributed by atoms with Gasteiger partial charge in [0.15, 0.2) is 0 Å². The number of nitrogens with one attached hydrogen (secondary N) is 1. The Balaban J connectivity index is 2.18. The third kappa shape index (κ3) is 6.97. The van der Waals surface area contributed by atoms with Crippen molar-refractivity contribution < 1.29 is 0 Å². The van der Waals surface area contributed by atoms with Crippen molar-refractivity contribution in [1.29, 1.82) is 0 Å². The molecule has 2 rings (SSSR count). The number of hydrogen-bond donors (Lipinski definition) is 1. The van der Waals surface area contributed by atoms with E-state index in [2.05, 4.69) is 71.6 Å². The summed E-state index contributed by atoms with van der Waals surface area (Å²) in [5, 5.41) is 4.05. The van der Waals surface area contributed by atoms with Gasteiger partial charge in [-0.3, -0.25) is 0 Å². The SMILES string of the molecule is CCN(CC)CCCCN(c1nc(Cl)nc(Cl)n1)C1CC(C)(C)NC(C)(C)C1. The van der Waals surface area contributed by atoms with Crippen molar-refractivity contribution in [1.82, 2.24) is 25.2 Å². The number of nitrogens with zero attached hydrogens (tertiary/aromatic N) is 5. The Bertz CT molecular complexity index is 597. The van der Waals surface area contributed by atoms with Gasteiger partial charge in [-0.2, -0.15) is 15.0 Å². The second-order valence-corrected chi connectivity index (χ2v) is 9.73. The molecule has 0 saturated carbocycles. The van der Waals surface area contributed by atoms with E-state index in [-0.39, 0.29) is 21.6 Å². The van der Waals surface area contributed by atoms with E-state index in [1.54, 1.807) is 0 Å². The molecule has 160 valence electrons. The van der Waals surface area contributed by atoms with Crippen LogP contribution in [-0.4, -0.2) is 63.2 Å². The van der Waals surface area contributed by atoms with Crippen LogP contribution in [0.1, 0.15) is 67.2 Å². The summed E-state index contributed by atoms with van der Waals surface area (Å²) in [6.45, 7) is 17.6. The van der Waals surface area contributed by atoms with Crippen LogP contribution in [-0.2, 0) is 0 Å². The summed E-state index contributed by atoms with van der Waals surface area (Å²) in [4.78, 5) is 17.5. The molecule has 1 aromatic heterocycles. The lowest BCUT2D eigenvalue weighted by Gasteiger charge is -2.49. The molecule has 1 aromatic rings. The third-order valence-electron chi connectivity index (χ3n) is 5.45. The first-order valence-electron chi connectivity index (χ1n) is 10.4. The molecule has 0 aromatic carbocycles. The van der Waals surface area contributed by atoms with Crippen molar-refractivity contribution in [2.24, 2.45) is 0 Å². The lowest BCUT2D eigenvalue weighted by atomic mass is 9.79. The van der Waals surface area contributed by atoms with Gasteiger partial charge < -0.3 is 15.1 Å². The quantitative estimate of drug-likeness (QED) is 0.585. The number of aromatic nitrogens is 3. The predicted molar refractivity (Wildman–Crippen MR) is 119 cm³/mol. The van der Waals surface area contributed by atoms with Crippen LogP contribution < -0.4 is 10.2 Å². The summed E-state index contributed by atoms with van der Waals surface area (Å²) < 4.78 is 0. The number of unbranched alkanes of at least 4 members (excludes halogenated alkanes) is 1. The van der Waals surface area contributed by atoms with Crippen LogP contribution in [0.25, 0.3) is 0 Å². The molecule has 0 spiro atoms. The molecule has 1 saturated heterocycles. The van der Waals surface area contributed by atoms with Gasteiger partial charge >= 0.3 is 0 Å². The minimum absolute atomic E-state index is 0.0342. The molecule has 1 N–H and O–H groups in total. The number of rotatable bonds is 9. The van der Waals surface area contributed by atoms with Crippen molar-refractivity contribution in [2.45, 2.75) is 84.3 Å². The molecule has 1 aliphatic rings. The Labute approximate surface area is 180 Å². The minimum Gasteiger partial charge on any atom is -0.338 e. The van der Waals surface area contributed by atoms with Crippen molar-refractivity contribution in [3.8, 4) is 0 Å². The summed E-state index contributed by atoms with van der Waals surface area (Å²) in [6.07, 6.45) is 4.23. The number of anilines is 1. The largest absolute Gasteiger partial charge is 0.338 e. The molecule has 1 fully saturated rings.